The predicted octanol–water partition coefficient (Wildman–Crippen LogP) is 2.78. The lowest BCUT2D eigenvalue weighted by atomic mass is 10.2. The quantitative estimate of drug-likeness (QED) is 0.609. The van der Waals surface area contributed by atoms with Crippen LogP contribution in [0.5, 0.6) is 5.75 Å². The number of para-hydroxylation sites is 1. The minimum absolute atomic E-state index is 0.123. The number of carbonyl (C=O) groups excluding carboxylic acids is 2. The first kappa shape index (κ1) is 17.9. The Morgan fingerprint density at radius 3 is 2.48 bits per heavy atom. The van der Waals surface area contributed by atoms with E-state index in [9.17, 15) is 9.59 Å². The Morgan fingerprint density at radius 2 is 1.95 bits per heavy atom. The number of carbonyl (C=O) groups is 2. The molecule has 1 aromatic rings. The lowest BCUT2D eigenvalue weighted by Crippen LogP contribution is -2.48. The van der Waals surface area contributed by atoms with Gasteiger partial charge in [-0.25, -0.2) is 0 Å². The second-order valence-electron chi connectivity index (χ2n) is 4.22. The zero-order valence-electron chi connectivity index (χ0n) is 11.2. The van der Waals surface area contributed by atoms with Gasteiger partial charge in [0.15, 0.2) is 0 Å². The van der Waals surface area contributed by atoms with E-state index < -0.39 is 15.9 Å². The Hall–Kier alpha value is -1.17. The Bertz CT molecular complexity index is 518. The van der Waals surface area contributed by atoms with Crippen molar-refractivity contribution in [3.63, 3.8) is 0 Å². The van der Waals surface area contributed by atoms with Crippen molar-refractivity contribution in [2.75, 3.05) is 0 Å². The molecule has 0 aliphatic carbocycles. The first-order chi connectivity index (χ1) is 9.75. The van der Waals surface area contributed by atoms with Gasteiger partial charge in [0.25, 0.3) is 5.91 Å². The molecule has 116 valence electrons. The number of ether oxygens (including phenoxy) is 1. The highest BCUT2D eigenvalue weighted by molar-refractivity contribution is 6.68. The molecule has 0 heterocycles. The van der Waals surface area contributed by atoms with Crippen LogP contribution in [-0.4, -0.2) is 21.8 Å². The van der Waals surface area contributed by atoms with Gasteiger partial charge in [0.1, 0.15) is 5.75 Å². The maximum absolute atomic E-state index is 11.7. The summed E-state index contributed by atoms with van der Waals surface area (Å²) in [5.74, 6) is -0.892. The fourth-order valence-corrected chi connectivity index (χ4v) is 1.82. The Labute approximate surface area is 137 Å². The fourth-order valence-electron chi connectivity index (χ4n) is 1.52. The molecule has 8 heteroatoms. The first-order valence-corrected chi connectivity index (χ1v) is 7.30. The third kappa shape index (κ3) is 5.61. The molecule has 0 aliphatic rings. The number of benzene rings is 1. The molecule has 5 nitrogen and oxygen atoms in total. The van der Waals surface area contributed by atoms with Gasteiger partial charge in [0.2, 0.25) is 15.9 Å². The van der Waals surface area contributed by atoms with E-state index in [1.54, 1.807) is 12.1 Å². The van der Waals surface area contributed by atoms with Crippen LogP contribution in [0.4, 0.5) is 0 Å². The number of hydrogen-bond donors (Lipinski definition) is 2. The Kier molecular flexibility index (Phi) is 6.58. The van der Waals surface area contributed by atoms with Gasteiger partial charge in [-0.15, -0.1) is 0 Å². The van der Waals surface area contributed by atoms with E-state index in [1.807, 2.05) is 6.92 Å². The molecule has 0 aromatic heterocycles. The van der Waals surface area contributed by atoms with E-state index in [0.717, 1.165) is 0 Å². The summed E-state index contributed by atoms with van der Waals surface area (Å²) >= 11 is 17.4. The molecule has 0 radical (unpaired) electrons. The van der Waals surface area contributed by atoms with Crippen LogP contribution in [0.2, 0.25) is 0 Å². The van der Waals surface area contributed by atoms with Crippen molar-refractivity contribution < 1.29 is 14.3 Å². The third-order valence-corrected chi connectivity index (χ3v) is 3.06. The summed E-state index contributed by atoms with van der Waals surface area (Å²) in [5.41, 5.74) is 5.37. The standard InChI is InChI=1S/C13H15Cl3N2O3/c1-2-5-10(19)18-12(13(14,15)16)21-9-7-4-3-6-8(9)11(17)20/h3-4,6-7,12H,2,5H2,1H3,(H2,17,20)(H,18,19)/t12-/m1/s1. The maximum atomic E-state index is 11.7. The number of amides is 2. The second kappa shape index (κ2) is 7.73. The van der Waals surface area contributed by atoms with E-state index in [-0.39, 0.29) is 23.6 Å². The van der Waals surface area contributed by atoms with Crippen LogP contribution in [0, 0.1) is 0 Å². The van der Waals surface area contributed by atoms with Gasteiger partial charge in [-0.1, -0.05) is 53.9 Å². The van der Waals surface area contributed by atoms with Crippen molar-refractivity contribution in [3.8, 4) is 5.75 Å². The molecule has 1 atom stereocenters. The fraction of sp³-hybridized carbons (Fsp3) is 0.385. The van der Waals surface area contributed by atoms with Crippen molar-refractivity contribution in [2.24, 2.45) is 5.73 Å². The van der Waals surface area contributed by atoms with E-state index in [0.29, 0.717) is 6.42 Å². The molecule has 0 fully saturated rings. The summed E-state index contributed by atoms with van der Waals surface area (Å²) < 4.78 is 3.55. The van der Waals surface area contributed by atoms with Gasteiger partial charge < -0.3 is 15.8 Å². The summed E-state index contributed by atoms with van der Waals surface area (Å²) in [6, 6.07) is 6.22. The monoisotopic (exact) mass is 352 g/mol. The van der Waals surface area contributed by atoms with E-state index in [4.69, 9.17) is 45.3 Å². The molecule has 0 unspecified atom stereocenters. The number of alkyl halides is 3. The van der Waals surface area contributed by atoms with Crippen molar-refractivity contribution in [3.05, 3.63) is 29.8 Å². The number of halogens is 3. The summed E-state index contributed by atoms with van der Waals surface area (Å²) in [6.07, 6.45) is -0.351. The lowest BCUT2D eigenvalue weighted by Gasteiger charge is -2.26. The predicted molar refractivity (Wildman–Crippen MR) is 82.7 cm³/mol. The smallest absolute Gasteiger partial charge is 0.252 e. The van der Waals surface area contributed by atoms with Crippen LogP contribution in [0.1, 0.15) is 30.1 Å². The molecule has 2 amide bonds. The molecule has 21 heavy (non-hydrogen) atoms. The van der Waals surface area contributed by atoms with Gasteiger partial charge >= 0.3 is 0 Å². The van der Waals surface area contributed by atoms with Gasteiger partial charge in [-0.2, -0.15) is 0 Å². The van der Waals surface area contributed by atoms with Crippen LogP contribution in [0.3, 0.4) is 0 Å². The van der Waals surface area contributed by atoms with E-state index in [2.05, 4.69) is 5.32 Å². The first-order valence-electron chi connectivity index (χ1n) is 6.17. The lowest BCUT2D eigenvalue weighted by molar-refractivity contribution is -0.123. The molecular formula is C13H15Cl3N2O3. The van der Waals surface area contributed by atoms with Crippen molar-refractivity contribution in [1.29, 1.82) is 0 Å². The SMILES string of the molecule is CCCC(=O)N[C@H](Oc1ccccc1C(N)=O)C(Cl)(Cl)Cl. The summed E-state index contributed by atoms with van der Waals surface area (Å²) in [4.78, 5) is 23.0. The number of hydrogen-bond acceptors (Lipinski definition) is 3. The van der Waals surface area contributed by atoms with Gasteiger partial charge in [0, 0.05) is 6.42 Å². The highest BCUT2D eigenvalue weighted by Gasteiger charge is 2.36. The Morgan fingerprint density at radius 1 is 1.33 bits per heavy atom. The largest absolute Gasteiger partial charge is 0.465 e. The summed E-state index contributed by atoms with van der Waals surface area (Å²) in [7, 11) is 0. The molecule has 0 saturated heterocycles. The van der Waals surface area contributed by atoms with E-state index >= 15 is 0 Å². The Balaban J connectivity index is 2.97. The molecule has 0 saturated carbocycles. The summed E-state index contributed by atoms with van der Waals surface area (Å²) in [6.45, 7) is 1.84. The number of primary amides is 1. The van der Waals surface area contributed by atoms with Crippen LogP contribution in [0.25, 0.3) is 0 Å². The second-order valence-corrected chi connectivity index (χ2v) is 6.59. The van der Waals surface area contributed by atoms with Crippen LogP contribution >= 0.6 is 34.8 Å². The molecule has 1 rings (SSSR count). The zero-order chi connectivity index (χ0) is 16.0. The third-order valence-electron chi connectivity index (χ3n) is 2.46. The van der Waals surface area contributed by atoms with Crippen molar-refractivity contribution >= 4 is 46.6 Å². The number of nitrogens with two attached hydrogens (primary N) is 1. The van der Waals surface area contributed by atoms with Gasteiger partial charge in [-0.3, -0.25) is 9.59 Å². The van der Waals surface area contributed by atoms with Gasteiger partial charge in [-0.05, 0) is 18.6 Å². The van der Waals surface area contributed by atoms with Crippen LogP contribution < -0.4 is 15.8 Å². The van der Waals surface area contributed by atoms with Gasteiger partial charge in [0.05, 0.1) is 5.56 Å². The molecule has 0 aliphatic heterocycles. The topological polar surface area (TPSA) is 81.4 Å². The average molecular weight is 354 g/mol. The molecule has 3 N–H and O–H groups in total. The minimum atomic E-state index is -1.91. The summed E-state index contributed by atoms with van der Waals surface area (Å²) in [5, 5.41) is 2.46. The highest BCUT2D eigenvalue weighted by atomic mass is 35.6. The van der Waals surface area contributed by atoms with Crippen molar-refractivity contribution in [2.45, 2.75) is 29.8 Å². The van der Waals surface area contributed by atoms with Crippen LogP contribution in [0.15, 0.2) is 24.3 Å². The molecule has 1 aromatic carbocycles. The highest BCUT2D eigenvalue weighted by Crippen LogP contribution is 2.32. The van der Waals surface area contributed by atoms with E-state index in [1.165, 1.54) is 12.1 Å². The normalized spacial score (nSPS) is 12.6. The minimum Gasteiger partial charge on any atom is -0.465 e. The molecule has 0 spiro atoms. The zero-order valence-corrected chi connectivity index (χ0v) is 13.5. The average Bonchev–Trinajstić information content (AvgIpc) is 2.37. The molecular weight excluding hydrogens is 339 g/mol. The number of nitrogens with one attached hydrogen (secondary N) is 1. The molecule has 0 bridgehead atoms. The van der Waals surface area contributed by atoms with Crippen molar-refractivity contribution in [1.82, 2.24) is 5.32 Å². The van der Waals surface area contributed by atoms with Crippen LogP contribution in [-0.2, 0) is 4.79 Å². The maximum Gasteiger partial charge on any atom is 0.252 e. The number of rotatable bonds is 6.